The zero-order chi connectivity index (χ0) is 32.5. The van der Waals surface area contributed by atoms with Gasteiger partial charge < -0.3 is 13.7 Å². The first-order valence-corrected chi connectivity index (χ1v) is 12.7. The Kier molecular flexibility index (Phi) is 2.85. The third kappa shape index (κ3) is 2.71. The molecular formula is C36H23N3. The Labute approximate surface area is 235 Å². The molecule has 3 heterocycles. The predicted molar refractivity (Wildman–Crippen MR) is 163 cm³/mol. The van der Waals surface area contributed by atoms with Crippen LogP contribution in [0.1, 0.15) is 11.0 Å². The highest BCUT2D eigenvalue weighted by Crippen LogP contribution is 2.42. The monoisotopic (exact) mass is 505 g/mol. The third-order valence-electron chi connectivity index (χ3n) is 7.65. The number of hydrogen-bond donors (Lipinski definition) is 0. The molecule has 3 heteroatoms. The smallest absolute Gasteiger partial charge is 0.0645 e. The lowest BCUT2D eigenvalue weighted by Gasteiger charge is -2.14. The lowest BCUT2D eigenvalue weighted by Crippen LogP contribution is -2.00. The SMILES string of the molecule is [2H]c1c([2H])c([2H])c2c(c1[2H])c1c([2H])c([2H])c([2H])c([2H])c1n2-c1cccc(-n2c3cccc4c3c3c(cccc32)n4-c2ccccc2)c1. The van der Waals surface area contributed by atoms with Gasteiger partial charge in [-0.05, 0) is 66.7 Å². The molecule has 0 aliphatic heterocycles. The van der Waals surface area contributed by atoms with E-state index < -0.39 is 24.2 Å². The van der Waals surface area contributed by atoms with Crippen molar-refractivity contribution in [2.75, 3.05) is 0 Å². The van der Waals surface area contributed by atoms with E-state index in [1.807, 2.05) is 48.5 Å². The van der Waals surface area contributed by atoms with E-state index in [9.17, 15) is 0 Å². The predicted octanol–water partition coefficient (Wildman–Crippen LogP) is 9.26. The van der Waals surface area contributed by atoms with E-state index in [4.69, 9.17) is 11.0 Å². The van der Waals surface area contributed by atoms with Crippen molar-refractivity contribution < 1.29 is 11.0 Å². The maximum atomic E-state index is 8.89. The van der Waals surface area contributed by atoms with E-state index >= 15 is 0 Å². The van der Waals surface area contributed by atoms with Gasteiger partial charge in [0.25, 0.3) is 0 Å². The van der Waals surface area contributed by atoms with E-state index in [0.717, 1.165) is 44.2 Å². The molecule has 3 nitrogen and oxygen atoms in total. The molecule has 0 radical (unpaired) electrons. The minimum atomic E-state index is -0.460. The summed E-state index contributed by atoms with van der Waals surface area (Å²) in [6.07, 6.45) is 0. The van der Waals surface area contributed by atoms with E-state index in [1.54, 1.807) is 10.6 Å². The van der Waals surface area contributed by atoms with E-state index in [2.05, 4.69) is 45.5 Å². The van der Waals surface area contributed by atoms with E-state index in [1.165, 1.54) is 0 Å². The highest BCUT2D eigenvalue weighted by atomic mass is 15.0. The molecule has 0 aliphatic carbocycles. The lowest BCUT2D eigenvalue weighted by atomic mass is 10.2. The minimum absolute atomic E-state index is 0.0601. The summed E-state index contributed by atoms with van der Waals surface area (Å²) in [5.74, 6) is 0. The minimum Gasteiger partial charge on any atom is -0.309 e. The van der Waals surface area contributed by atoms with Crippen LogP contribution in [-0.4, -0.2) is 13.7 Å². The van der Waals surface area contributed by atoms with Crippen molar-refractivity contribution in [2.24, 2.45) is 0 Å². The summed E-state index contributed by atoms with van der Waals surface area (Å²) < 4.78 is 74.9. The van der Waals surface area contributed by atoms with Gasteiger partial charge in [-0.25, -0.2) is 0 Å². The molecule has 0 bridgehead atoms. The number of benzene rings is 6. The van der Waals surface area contributed by atoms with Crippen LogP contribution in [0.25, 0.3) is 71.7 Å². The second-order valence-corrected chi connectivity index (χ2v) is 9.65. The molecular weight excluding hydrogens is 474 g/mol. The molecule has 0 fully saturated rings. The number of rotatable bonds is 3. The molecule has 0 aliphatic rings. The van der Waals surface area contributed by atoms with Crippen LogP contribution in [0.3, 0.4) is 0 Å². The van der Waals surface area contributed by atoms with Gasteiger partial charge in [0.05, 0.1) is 44.1 Å². The molecule has 0 saturated carbocycles. The largest absolute Gasteiger partial charge is 0.309 e. The molecule has 39 heavy (non-hydrogen) atoms. The van der Waals surface area contributed by atoms with Gasteiger partial charge in [0.1, 0.15) is 0 Å². The zero-order valence-electron chi connectivity index (χ0n) is 28.5. The normalized spacial score (nSPS) is 15.0. The van der Waals surface area contributed by atoms with Gasteiger partial charge in [-0.2, -0.15) is 0 Å². The summed E-state index contributed by atoms with van der Waals surface area (Å²) in [7, 11) is 0. The van der Waals surface area contributed by atoms with Gasteiger partial charge in [-0.15, -0.1) is 0 Å². The molecule has 0 atom stereocenters. The van der Waals surface area contributed by atoms with Crippen molar-refractivity contribution in [3.05, 3.63) is 139 Å². The fourth-order valence-electron chi connectivity index (χ4n) is 6.16. The molecule has 0 amide bonds. The molecule has 182 valence electrons. The highest BCUT2D eigenvalue weighted by molar-refractivity contribution is 6.25. The van der Waals surface area contributed by atoms with Crippen LogP contribution in [0.5, 0.6) is 0 Å². The quantitative estimate of drug-likeness (QED) is 0.227. The van der Waals surface area contributed by atoms with E-state index in [-0.39, 0.29) is 46.0 Å². The maximum absolute atomic E-state index is 8.89. The fourth-order valence-corrected chi connectivity index (χ4v) is 6.16. The Morgan fingerprint density at radius 1 is 0.385 bits per heavy atom. The van der Waals surface area contributed by atoms with Gasteiger partial charge in [0, 0.05) is 38.6 Å². The Balaban J connectivity index is 1.39. The standard InChI is InChI=1S/C36H23N3/c1-2-11-24(12-3-1)37-31-19-9-21-33-35(31)36-32(37)20-10-22-34(36)39(33)26-14-8-13-25(23-26)38-29-17-6-4-15-27(29)28-16-5-7-18-30(28)38/h1-23H/i4D,5D,6D,7D,15D,16D,17D,18D. The van der Waals surface area contributed by atoms with Crippen molar-refractivity contribution >= 4 is 54.6 Å². The van der Waals surface area contributed by atoms with Crippen LogP contribution in [-0.2, 0) is 0 Å². The third-order valence-corrected chi connectivity index (χ3v) is 7.65. The Morgan fingerprint density at radius 3 is 1.33 bits per heavy atom. The van der Waals surface area contributed by atoms with Crippen molar-refractivity contribution in [2.45, 2.75) is 0 Å². The number of fused-ring (bicyclic) bond motifs is 3. The zero-order valence-corrected chi connectivity index (χ0v) is 20.5. The molecule has 0 N–H and O–H groups in total. The Hall–Kier alpha value is -5.28. The Bertz CT molecular complexity index is 2630. The summed E-state index contributed by atoms with van der Waals surface area (Å²) in [6.45, 7) is 0. The average molecular weight is 506 g/mol. The molecule has 9 rings (SSSR count). The summed E-state index contributed by atoms with van der Waals surface area (Å²) in [4.78, 5) is 0. The van der Waals surface area contributed by atoms with Crippen molar-refractivity contribution in [1.82, 2.24) is 13.7 Å². The summed E-state index contributed by atoms with van der Waals surface area (Å²) in [5, 5.41) is 2.36. The van der Waals surface area contributed by atoms with Gasteiger partial charge >= 0.3 is 0 Å². The van der Waals surface area contributed by atoms with Crippen LogP contribution in [0, 0.1) is 0 Å². The summed E-state index contributed by atoms with van der Waals surface area (Å²) in [5.41, 5.74) is 6.69. The molecule has 3 aromatic heterocycles. The lowest BCUT2D eigenvalue weighted by molar-refractivity contribution is 1.13. The first kappa shape index (κ1) is 14.6. The van der Waals surface area contributed by atoms with Crippen LogP contribution in [0.15, 0.2) is 139 Å². The molecule has 0 unspecified atom stereocenters. The summed E-state index contributed by atoms with van der Waals surface area (Å²) >= 11 is 0. The van der Waals surface area contributed by atoms with Gasteiger partial charge in [0.2, 0.25) is 0 Å². The highest BCUT2D eigenvalue weighted by Gasteiger charge is 2.22. The van der Waals surface area contributed by atoms with Crippen molar-refractivity contribution in [3.8, 4) is 17.1 Å². The average Bonchev–Trinajstić information content (AvgIpc) is 3.75. The van der Waals surface area contributed by atoms with Gasteiger partial charge in [-0.3, -0.25) is 0 Å². The molecule has 6 aromatic carbocycles. The number of nitrogens with zero attached hydrogens (tertiary/aromatic N) is 3. The van der Waals surface area contributed by atoms with Crippen LogP contribution >= 0.6 is 0 Å². The molecule has 0 saturated heterocycles. The van der Waals surface area contributed by atoms with Crippen molar-refractivity contribution in [3.63, 3.8) is 0 Å². The van der Waals surface area contributed by atoms with Crippen molar-refractivity contribution in [1.29, 1.82) is 0 Å². The first-order valence-electron chi connectivity index (χ1n) is 16.7. The van der Waals surface area contributed by atoms with Crippen LogP contribution in [0.4, 0.5) is 0 Å². The fraction of sp³-hybridized carbons (Fsp3) is 0. The van der Waals surface area contributed by atoms with Crippen LogP contribution in [0.2, 0.25) is 0 Å². The Morgan fingerprint density at radius 2 is 0.795 bits per heavy atom. The van der Waals surface area contributed by atoms with Crippen LogP contribution < -0.4 is 0 Å². The second kappa shape index (κ2) is 7.62. The topological polar surface area (TPSA) is 14.8 Å². The van der Waals surface area contributed by atoms with E-state index in [0.29, 0.717) is 5.69 Å². The number of para-hydroxylation sites is 3. The first-order chi connectivity index (χ1) is 22.7. The second-order valence-electron chi connectivity index (χ2n) is 9.65. The maximum Gasteiger partial charge on any atom is 0.0645 e. The summed E-state index contributed by atoms with van der Waals surface area (Å²) in [6, 6.07) is 27.1. The molecule has 0 spiro atoms. The molecule has 9 aromatic rings. The van der Waals surface area contributed by atoms with Gasteiger partial charge in [0.15, 0.2) is 0 Å². The number of aromatic nitrogens is 3. The van der Waals surface area contributed by atoms with Gasteiger partial charge in [-0.1, -0.05) is 72.7 Å². The number of hydrogen-bond acceptors (Lipinski definition) is 0.